The lowest BCUT2D eigenvalue weighted by Gasteiger charge is -2.22. The van der Waals surface area contributed by atoms with Crippen LogP contribution in [-0.2, 0) is 29.2 Å². The van der Waals surface area contributed by atoms with E-state index in [9.17, 15) is 27.6 Å². The molecule has 3 N–H and O–H groups in total. The molecule has 2 rings (SSSR count). The molecule has 2 aromatic carbocycles. The fourth-order valence-corrected chi connectivity index (χ4v) is 3.37. The molecule has 0 spiro atoms. The highest BCUT2D eigenvalue weighted by Gasteiger charge is 2.32. The molecular formula is C26H32N4O9S. The minimum Gasteiger partial charge on any atom is -0.460 e. The van der Waals surface area contributed by atoms with Gasteiger partial charge in [-0.15, -0.1) is 0 Å². The average molecular weight is 577 g/mol. The number of carbonyl (C=O) groups is 4. The van der Waals surface area contributed by atoms with E-state index in [4.69, 9.17) is 14.0 Å². The van der Waals surface area contributed by atoms with E-state index in [1.54, 1.807) is 30.3 Å². The van der Waals surface area contributed by atoms with Crippen molar-refractivity contribution in [2.45, 2.75) is 43.7 Å². The zero-order chi connectivity index (χ0) is 30.0. The lowest BCUT2D eigenvalue weighted by molar-refractivity contribution is -0.127. The second kappa shape index (κ2) is 13.8. The highest BCUT2D eigenvalue weighted by atomic mass is 32.2. The standard InChI is InChI=1S/C26H32N4O9S/c1-25(2,23(33)27-14-16-38-21(31)18-8-6-5-7-9-18)29-30-26(3,4)24(34)28-15-17-39-22(32)19-10-12-20(13-11-19)40(35,36)37/h5-13H,14-17H2,1-4H3,(H,27,33)(H,28,34)(H,35,36,37). The predicted molar refractivity (Wildman–Crippen MR) is 142 cm³/mol. The summed E-state index contributed by atoms with van der Waals surface area (Å²) in [5.74, 6) is -2.28. The molecule has 2 aromatic rings. The van der Waals surface area contributed by atoms with Gasteiger partial charge in [-0.05, 0) is 64.1 Å². The number of amides is 2. The third-order valence-electron chi connectivity index (χ3n) is 5.30. The van der Waals surface area contributed by atoms with Crippen molar-refractivity contribution in [2.24, 2.45) is 10.2 Å². The van der Waals surface area contributed by atoms with Crippen LogP contribution in [-0.4, -0.2) is 74.1 Å². The monoisotopic (exact) mass is 576 g/mol. The third-order valence-corrected chi connectivity index (χ3v) is 6.17. The molecule has 0 aliphatic carbocycles. The highest BCUT2D eigenvalue weighted by Crippen LogP contribution is 2.16. The van der Waals surface area contributed by atoms with Gasteiger partial charge in [0.25, 0.3) is 10.1 Å². The Morgan fingerprint density at radius 1 is 0.725 bits per heavy atom. The molecule has 0 unspecified atom stereocenters. The first-order valence-corrected chi connectivity index (χ1v) is 13.5. The molecule has 0 fully saturated rings. The molecule has 0 saturated heterocycles. The van der Waals surface area contributed by atoms with Crippen LogP contribution in [0.25, 0.3) is 0 Å². The Labute approximate surface area is 232 Å². The van der Waals surface area contributed by atoms with Crippen LogP contribution in [0.2, 0.25) is 0 Å². The van der Waals surface area contributed by atoms with Crippen LogP contribution in [0.1, 0.15) is 48.4 Å². The fraction of sp³-hybridized carbons (Fsp3) is 0.385. The molecule has 40 heavy (non-hydrogen) atoms. The minimum absolute atomic E-state index is 0.0406. The quantitative estimate of drug-likeness (QED) is 0.139. The van der Waals surface area contributed by atoms with E-state index in [-0.39, 0.29) is 36.8 Å². The van der Waals surface area contributed by atoms with Gasteiger partial charge in [-0.2, -0.15) is 18.6 Å². The van der Waals surface area contributed by atoms with E-state index >= 15 is 0 Å². The molecule has 0 aromatic heterocycles. The van der Waals surface area contributed by atoms with Crippen molar-refractivity contribution in [3.63, 3.8) is 0 Å². The predicted octanol–water partition coefficient (Wildman–Crippen LogP) is 2.19. The zero-order valence-corrected chi connectivity index (χ0v) is 23.4. The fourth-order valence-electron chi connectivity index (χ4n) is 2.89. The second-order valence-electron chi connectivity index (χ2n) is 9.47. The Morgan fingerprint density at radius 2 is 1.12 bits per heavy atom. The first-order valence-electron chi connectivity index (χ1n) is 12.1. The SMILES string of the molecule is CC(C)(N=NC(C)(C)C(=O)NCCOC(=O)c1ccc(S(=O)(=O)O)cc1)C(=O)NCCOC(=O)c1ccccc1. The van der Waals surface area contributed by atoms with E-state index in [1.807, 2.05) is 0 Å². The van der Waals surface area contributed by atoms with Crippen LogP contribution in [0, 0.1) is 0 Å². The largest absolute Gasteiger partial charge is 0.460 e. The van der Waals surface area contributed by atoms with Crippen molar-refractivity contribution in [3.8, 4) is 0 Å². The number of azo groups is 1. The van der Waals surface area contributed by atoms with Gasteiger partial charge in [0.05, 0.1) is 29.1 Å². The van der Waals surface area contributed by atoms with Gasteiger partial charge in [-0.3, -0.25) is 14.1 Å². The lowest BCUT2D eigenvalue weighted by atomic mass is 10.0. The average Bonchev–Trinajstić information content (AvgIpc) is 2.92. The Morgan fingerprint density at radius 3 is 1.52 bits per heavy atom. The molecule has 0 bridgehead atoms. The van der Waals surface area contributed by atoms with Crippen LogP contribution in [0.4, 0.5) is 0 Å². The van der Waals surface area contributed by atoms with E-state index in [1.165, 1.54) is 39.8 Å². The molecule has 0 aliphatic heterocycles. The molecule has 0 heterocycles. The van der Waals surface area contributed by atoms with Crippen LogP contribution in [0.5, 0.6) is 0 Å². The summed E-state index contributed by atoms with van der Waals surface area (Å²) in [4.78, 5) is 48.7. The van der Waals surface area contributed by atoms with Gasteiger partial charge < -0.3 is 20.1 Å². The normalized spacial score (nSPS) is 12.0. The van der Waals surface area contributed by atoms with E-state index in [2.05, 4.69) is 20.9 Å². The summed E-state index contributed by atoms with van der Waals surface area (Å²) in [5, 5.41) is 13.2. The number of nitrogens with zero attached hydrogens (tertiary/aromatic N) is 2. The van der Waals surface area contributed by atoms with Gasteiger partial charge in [-0.1, -0.05) is 18.2 Å². The number of ether oxygens (including phenoxy) is 2. The Bertz CT molecular complexity index is 1340. The molecule has 2 amide bonds. The summed E-state index contributed by atoms with van der Waals surface area (Å²) in [6.45, 7) is 5.80. The molecule has 13 nitrogen and oxygen atoms in total. The van der Waals surface area contributed by atoms with Gasteiger partial charge >= 0.3 is 11.9 Å². The number of benzene rings is 2. The summed E-state index contributed by atoms with van der Waals surface area (Å²) in [6, 6.07) is 12.9. The maximum absolute atomic E-state index is 12.6. The smallest absolute Gasteiger partial charge is 0.338 e. The molecule has 216 valence electrons. The molecular weight excluding hydrogens is 544 g/mol. The topological polar surface area (TPSA) is 190 Å². The minimum atomic E-state index is -4.38. The van der Waals surface area contributed by atoms with Crippen LogP contribution >= 0.6 is 0 Å². The van der Waals surface area contributed by atoms with Gasteiger partial charge in [0.1, 0.15) is 13.2 Å². The number of rotatable bonds is 13. The Balaban J connectivity index is 1.76. The number of hydrogen-bond acceptors (Lipinski definition) is 10. The summed E-state index contributed by atoms with van der Waals surface area (Å²) in [7, 11) is -4.38. The molecule has 0 atom stereocenters. The lowest BCUT2D eigenvalue weighted by Crippen LogP contribution is -2.44. The van der Waals surface area contributed by atoms with E-state index in [0.717, 1.165) is 12.1 Å². The highest BCUT2D eigenvalue weighted by molar-refractivity contribution is 7.85. The summed E-state index contributed by atoms with van der Waals surface area (Å²) in [5.41, 5.74) is -2.21. The number of hydrogen-bond donors (Lipinski definition) is 3. The van der Waals surface area contributed by atoms with Crippen molar-refractivity contribution in [3.05, 3.63) is 65.7 Å². The maximum atomic E-state index is 12.6. The van der Waals surface area contributed by atoms with Crippen LogP contribution in [0.3, 0.4) is 0 Å². The number of esters is 2. The first-order chi connectivity index (χ1) is 18.6. The Kier molecular flexibility index (Phi) is 11.0. The Hall–Kier alpha value is -4.17. The van der Waals surface area contributed by atoms with Gasteiger partial charge in [0.2, 0.25) is 11.8 Å². The molecule has 14 heteroatoms. The maximum Gasteiger partial charge on any atom is 0.338 e. The van der Waals surface area contributed by atoms with Crippen molar-refractivity contribution >= 4 is 33.9 Å². The van der Waals surface area contributed by atoms with Crippen molar-refractivity contribution in [2.75, 3.05) is 26.3 Å². The first kappa shape index (κ1) is 32.0. The van der Waals surface area contributed by atoms with Crippen molar-refractivity contribution < 1.29 is 41.6 Å². The van der Waals surface area contributed by atoms with Gasteiger partial charge in [-0.25, -0.2) is 9.59 Å². The summed E-state index contributed by atoms with van der Waals surface area (Å²) >= 11 is 0. The number of nitrogens with one attached hydrogen (secondary N) is 2. The van der Waals surface area contributed by atoms with Crippen molar-refractivity contribution in [1.82, 2.24) is 10.6 Å². The number of carbonyl (C=O) groups excluding carboxylic acids is 4. The van der Waals surface area contributed by atoms with Crippen LogP contribution < -0.4 is 10.6 Å². The van der Waals surface area contributed by atoms with Crippen LogP contribution in [0.15, 0.2) is 69.7 Å². The third kappa shape index (κ3) is 9.85. The molecule has 0 aliphatic rings. The van der Waals surface area contributed by atoms with Gasteiger partial charge in [0, 0.05) is 0 Å². The van der Waals surface area contributed by atoms with Gasteiger partial charge in [0.15, 0.2) is 11.1 Å². The van der Waals surface area contributed by atoms with E-state index in [0.29, 0.717) is 5.56 Å². The van der Waals surface area contributed by atoms with E-state index < -0.39 is 44.9 Å². The molecule has 0 saturated carbocycles. The van der Waals surface area contributed by atoms with Crippen molar-refractivity contribution in [1.29, 1.82) is 0 Å². The summed E-state index contributed by atoms with van der Waals surface area (Å²) in [6.07, 6.45) is 0. The zero-order valence-electron chi connectivity index (χ0n) is 22.5. The second-order valence-corrected chi connectivity index (χ2v) is 10.9. The summed E-state index contributed by atoms with van der Waals surface area (Å²) < 4.78 is 41.3. The molecule has 0 radical (unpaired) electrons.